The van der Waals surface area contributed by atoms with E-state index < -0.39 is 5.97 Å². The molecule has 0 aliphatic heterocycles. The molecule has 0 heterocycles. The van der Waals surface area contributed by atoms with Gasteiger partial charge in [-0.25, -0.2) is 4.79 Å². The number of carbonyl (C=O) groups is 2. The van der Waals surface area contributed by atoms with Gasteiger partial charge in [-0.1, -0.05) is 30.8 Å². The molecule has 24 heavy (non-hydrogen) atoms. The van der Waals surface area contributed by atoms with Crippen molar-refractivity contribution in [3.8, 4) is 5.75 Å². The molecule has 0 bridgehead atoms. The van der Waals surface area contributed by atoms with Crippen LogP contribution in [0.2, 0.25) is 0 Å². The van der Waals surface area contributed by atoms with E-state index in [1.807, 2.05) is 6.07 Å². The molecule has 0 saturated carbocycles. The molecule has 0 aromatic heterocycles. The molecule has 0 atom stereocenters. The Kier molecular flexibility index (Phi) is 5.78. The zero-order valence-corrected chi connectivity index (χ0v) is 13.2. The molecule has 2 aromatic carbocycles. The monoisotopic (exact) mass is 327 g/mol. The quantitative estimate of drug-likeness (QED) is 0.535. The number of hydrogen-bond acceptors (Lipinski definition) is 4. The summed E-state index contributed by atoms with van der Waals surface area (Å²) < 4.78 is 0. The Morgan fingerprint density at radius 1 is 1.08 bits per heavy atom. The molecule has 2 amide bonds. The van der Waals surface area contributed by atoms with E-state index in [9.17, 15) is 19.8 Å². The molecule has 0 radical (unpaired) electrons. The number of phenolic OH excluding ortho intramolecular Hbond substituents is 1. The smallest absolute Gasteiger partial charge is 0.319 e. The van der Waals surface area contributed by atoms with E-state index in [0.717, 1.165) is 5.39 Å². The van der Waals surface area contributed by atoms with E-state index in [1.54, 1.807) is 30.3 Å². The van der Waals surface area contributed by atoms with Crippen LogP contribution < -0.4 is 15.7 Å². The molecule has 0 saturated heterocycles. The number of anilines is 1. The van der Waals surface area contributed by atoms with Crippen LogP contribution in [0.3, 0.4) is 0 Å². The molecular formula is C18H19N2O4-. The highest BCUT2D eigenvalue weighted by Crippen LogP contribution is 2.29. The molecule has 0 aliphatic rings. The van der Waals surface area contributed by atoms with Gasteiger partial charge < -0.3 is 25.6 Å². The van der Waals surface area contributed by atoms with Gasteiger partial charge in [0.05, 0.1) is 11.7 Å². The summed E-state index contributed by atoms with van der Waals surface area (Å²) in [5.41, 5.74) is 0.668. The number of aromatic hydroxyl groups is 1. The number of carboxylic acids is 1. The van der Waals surface area contributed by atoms with Crippen LogP contribution in [-0.2, 0) is 4.79 Å². The number of amides is 2. The molecule has 2 rings (SSSR count). The van der Waals surface area contributed by atoms with Gasteiger partial charge in [-0.15, -0.1) is 0 Å². The van der Waals surface area contributed by atoms with Gasteiger partial charge in [-0.2, -0.15) is 0 Å². The van der Waals surface area contributed by atoms with Gasteiger partial charge in [0.25, 0.3) is 0 Å². The first-order valence-corrected chi connectivity index (χ1v) is 7.63. The summed E-state index contributed by atoms with van der Waals surface area (Å²) in [4.78, 5) is 22.4. The fraction of sp³-hybridized carbons (Fsp3) is 0.222. The lowest BCUT2D eigenvalue weighted by molar-refractivity contribution is -0.299. The summed E-state index contributed by atoms with van der Waals surface area (Å²) in [6, 6.07) is 10.0. The maximum atomic E-state index is 11.9. The summed E-state index contributed by atoms with van der Waals surface area (Å²) in [6.45, 7) is 3.82. The molecule has 0 fully saturated rings. The third-order valence-electron chi connectivity index (χ3n) is 3.63. The molecule has 6 nitrogen and oxygen atoms in total. The van der Waals surface area contributed by atoms with E-state index in [2.05, 4.69) is 17.2 Å². The van der Waals surface area contributed by atoms with Crippen molar-refractivity contribution >= 4 is 28.5 Å². The van der Waals surface area contributed by atoms with Crippen LogP contribution in [0, 0.1) is 0 Å². The van der Waals surface area contributed by atoms with Crippen LogP contribution in [0.25, 0.3) is 10.8 Å². The van der Waals surface area contributed by atoms with E-state index in [4.69, 9.17) is 0 Å². The highest BCUT2D eigenvalue weighted by Gasteiger charge is 2.07. The Labute approximate surface area is 139 Å². The number of rotatable bonds is 7. The highest BCUT2D eigenvalue weighted by atomic mass is 16.4. The van der Waals surface area contributed by atoms with Crippen molar-refractivity contribution in [3.05, 3.63) is 48.6 Å². The van der Waals surface area contributed by atoms with Gasteiger partial charge in [0, 0.05) is 17.3 Å². The van der Waals surface area contributed by atoms with Crippen LogP contribution in [0.5, 0.6) is 5.75 Å². The number of carbonyl (C=O) groups excluding carboxylic acids is 2. The van der Waals surface area contributed by atoms with E-state index >= 15 is 0 Å². The molecule has 0 spiro atoms. The molecule has 126 valence electrons. The molecule has 6 heteroatoms. The predicted octanol–water partition coefficient (Wildman–Crippen LogP) is 2.14. The predicted molar refractivity (Wildman–Crippen MR) is 90.6 cm³/mol. The second kappa shape index (κ2) is 8.01. The van der Waals surface area contributed by atoms with E-state index in [1.165, 1.54) is 0 Å². The zero-order valence-electron chi connectivity index (χ0n) is 13.2. The molecule has 2 aromatic rings. The third kappa shape index (κ3) is 4.49. The van der Waals surface area contributed by atoms with Gasteiger partial charge in [-0.05, 0) is 37.0 Å². The first kappa shape index (κ1) is 17.3. The van der Waals surface area contributed by atoms with Crippen molar-refractivity contribution in [2.75, 3.05) is 11.9 Å². The summed E-state index contributed by atoms with van der Waals surface area (Å²) in [5.74, 6) is -1.08. The lowest BCUT2D eigenvalue weighted by Crippen LogP contribution is -2.29. The average molecular weight is 327 g/mol. The van der Waals surface area contributed by atoms with Crippen molar-refractivity contribution in [1.29, 1.82) is 0 Å². The Bertz CT molecular complexity index is 771. The number of fused-ring (bicyclic) bond motifs is 1. The second-order valence-electron chi connectivity index (χ2n) is 5.41. The Balaban J connectivity index is 1.84. The molecular weight excluding hydrogens is 308 g/mol. The lowest BCUT2D eigenvalue weighted by atomic mass is 10.1. The van der Waals surface area contributed by atoms with Crippen molar-refractivity contribution in [1.82, 2.24) is 5.32 Å². The topological polar surface area (TPSA) is 101 Å². The molecule has 0 unspecified atom stereocenters. The SMILES string of the molecule is C=C(CCCCNC(=O)Nc1cccc2c(O)cccc12)C(=O)[O-]. The Morgan fingerprint density at radius 3 is 2.54 bits per heavy atom. The van der Waals surface area contributed by atoms with Crippen LogP contribution in [-0.4, -0.2) is 23.7 Å². The van der Waals surface area contributed by atoms with E-state index in [0.29, 0.717) is 36.9 Å². The lowest BCUT2D eigenvalue weighted by Gasteiger charge is -2.11. The normalized spacial score (nSPS) is 10.3. The zero-order chi connectivity index (χ0) is 17.5. The largest absolute Gasteiger partial charge is 0.545 e. The fourth-order valence-electron chi connectivity index (χ4n) is 2.34. The molecule has 3 N–H and O–H groups in total. The minimum absolute atomic E-state index is 0.0648. The number of hydrogen-bond donors (Lipinski definition) is 3. The summed E-state index contributed by atoms with van der Waals surface area (Å²) >= 11 is 0. The first-order chi connectivity index (χ1) is 11.5. The minimum Gasteiger partial charge on any atom is -0.545 e. The summed E-state index contributed by atoms with van der Waals surface area (Å²) in [5, 5.41) is 27.2. The minimum atomic E-state index is -1.24. The van der Waals surface area contributed by atoms with Crippen molar-refractivity contribution in [2.24, 2.45) is 0 Å². The number of carboxylic acid groups (broad SMARTS) is 1. The van der Waals surface area contributed by atoms with Crippen molar-refractivity contribution < 1.29 is 19.8 Å². The van der Waals surface area contributed by atoms with E-state index in [-0.39, 0.29) is 17.4 Å². The number of unbranched alkanes of at least 4 members (excludes halogenated alkanes) is 1. The van der Waals surface area contributed by atoms with Gasteiger partial charge >= 0.3 is 6.03 Å². The van der Waals surface area contributed by atoms with Crippen LogP contribution >= 0.6 is 0 Å². The number of phenols is 1. The average Bonchev–Trinajstić information content (AvgIpc) is 2.55. The first-order valence-electron chi connectivity index (χ1n) is 7.63. The van der Waals surface area contributed by atoms with Crippen LogP contribution in [0.15, 0.2) is 48.6 Å². The van der Waals surface area contributed by atoms with Gasteiger partial charge in [-0.3, -0.25) is 0 Å². The highest BCUT2D eigenvalue weighted by molar-refractivity contribution is 6.03. The van der Waals surface area contributed by atoms with Gasteiger partial charge in [0.2, 0.25) is 0 Å². The van der Waals surface area contributed by atoms with Gasteiger partial charge in [0.15, 0.2) is 0 Å². The summed E-state index contributed by atoms with van der Waals surface area (Å²) in [6.07, 6.45) is 1.58. The maximum Gasteiger partial charge on any atom is 0.319 e. The number of urea groups is 1. The third-order valence-corrected chi connectivity index (χ3v) is 3.63. The van der Waals surface area contributed by atoms with Gasteiger partial charge in [0.1, 0.15) is 5.75 Å². The van der Waals surface area contributed by atoms with Crippen molar-refractivity contribution in [3.63, 3.8) is 0 Å². The second-order valence-corrected chi connectivity index (χ2v) is 5.41. The number of benzene rings is 2. The number of aliphatic carboxylic acids is 1. The van der Waals surface area contributed by atoms with Crippen LogP contribution in [0.1, 0.15) is 19.3 Å². The fourth-order valence-corrected chi connectivity index (χ4v) is 2.34. The molecule has 0 aliphatic carbocycles. The Hall–Kier alpha value is -3.02. The maximum absolute atomic E-state index is 11.9. The summed E-state index contributed by atoms with van der Waals surface area (Å²) in [7, 11) is 0. The van der Waals surface area contributed by atoms with Crippen molar-refractivity contribution in [2.45, 2.75) is 19.3 Å². The Morgan fingerprint density at radius 2 is 1.79 bits per heavy atom. The van der Waals surface area contributed by atoms with Crippen LogP contribution in [0.4, 0.5) is 10.5 Å². The standard InChI is InChI=1S/C18H20N2O4/c1-12(17(22)23)6-2-3-11-19-18(24)20-15-9-4-8-14-13(15)7-5-10-16(14)21/h4-5,7-10,21H,1-3,6,11H2,(H,22,23)(H2,19,20,24)/p-1. The number of nitrogens with one attached hydrogen (secondary N) is 2.